The summed E-state index contributed by atoms with van der Waals surface area (Å²) in [7, 11) is 0. The van der Waals surface area contributed by atoms with E-state index in [2.05, 4.69) is 10.5 Å². The zero-order chi connectivity index (χ0) is 25.4. The predicted octanol–water partition coefficient (Wildman–Crippen LogP) is 5.73. The smallest absolute Gasteiger partial charge is 0.386 e. The SMILES string of the molecule is O=C(C1CCS1)C1OC2(CNC2)c2ccc(C3=NOC(c4cc(Cl)cc(Cl)c4F)C3C(F)(F)F)cc21. The highest BCUT2D eigenvalue weighted by atomic mass is 35.5. The number of ketones is 1. The van der Waals surface area contributed by atoms with Crippen molar-refractivity contribution in [2.24, 2.45) is 11.1 Å². The van der Waals surface area contributed by atoms with Gasteiger partial charge in [-0.15, -0.1) is 0 Å². The Morgan fingerprint density at radius 1 is 1.17 bits per heavy atom. The topological polar surface area (TPSA) is 59.9 Å². The highest BCUT2D eigenvalue weighted by molar-refractivity contribution is 8.02. The van der Waals surface area contributed by atoms with E-state index < -0.39 is 52.0 Å². The molecule has 1 spiro atoms. The van der Waals surface area contributed by atoms with Crippen molar-refractivity contribution in [2.75, 3.05) is 18.8 Å². The molecule has 2 fully saturated rings. The predicted molar refractivity (Wildman–Crippen MR) is 127 cm³/mol. The van der Waals surface area contributed by atoms with E-state index in [1.807, 2.05) is 0 Å². The van der Waals surface area contributed by atoms with Crippen LogP contribution in [-0.4, -0.2) is 41.8 Å². The number of Topliss-reactive ketones (excluding diaryl/α,β-unsaturated/α-hetero) is 1. The van der Waals surface area contributed by atoms with Gasteiger partial charge in [-0.1, -0.05) is 40.5 Å². The van der Waals surface area contributed by atoms with Gasteiger partial charge in [0.2, 0.25) is 0 Å². The fourth-order valence-corrected chi connectivity index (χ4v) is 6.39. The van der Waals surface area contributed by atoms with Crippen LogP contribution in [0.15, 0.2) is 35.5 Å². The lowest BCUT2D eigenvalue weighted by Crippen LogP contribution is -2.57. The van der Waals surface area contributed by atoms with E-state index in [1.165, 1.54) is 12.1 Å². The molecule has 190 valence electrons. The normalized spacial score (nSPS) is 28.2. The number of ether oxygens (including phenoxy) is 1. The van der Waals surface area contributed by atoms with Gasteiger partial charge in [0.15, 0.2) is 11.9 Å². The van der Waals surface area contributed by atoms with Crippen molar-refractivity contribution < 1.29 is 31.9 Å². The van der Waals surface area contributed by atoms with Crippen molar-refractivity contribution >= 4 is 46.5 Å². The quantitative estimate of drug-likeness (QED) is 0.382. The lowest BCUT2D eigenvalue weighted by Gasteiger charge is -2.40. The summed E-state index contributed by atoms with van der Waals surface area (Å²) < 4.78 is 64.0. The number of nitrogens with one attached hydrogen (secondary N) is 1. The number of alkyl halides is 3. The maximum atomic E-state index is 14.7. The van der Waals surface area contributed by atoms with Crippen molar-refractivity contribution in [1.29, 1.82) is 0 Å². The molecule has 4 aliphatic heterocycles. The first-order valence-corrected chi connectivity index (χ1v) is 13.0. The summed E-state index contributed by atoms with van der Waals surface area (Å²) in [6.45, 7) is 1.01. The molecular formula is C24H18Cl2F4N2O3S. The molecule has 0 radical (unpaired) electrons. The molecule has 4 unspecified atom stereocenters. The van der Waals surface area contributed by atoms with Crippen LogP contribution in [0.25, 0.3) is 0 Å². The van der Waals surface area contributed by atoms with Crippen LogP contribution in [0.4, 0.5) is 17.6 Å². The van der Waals surface area contributed by atoms with Gasteiger partial charge in [0.25, 0.3) is 0 Å². The molecule has 0 saturated carbocycles. The van der Waals surface area contributed by atoms with Crippen LogP contribution in [0.5, 0.6) is 0 Å². The summed E-state index contributed by atoms with van der Waals surface area (Å²) in [4.78, 5) is 18.3. The molecule has 0 aromatic heterocycles. The van der Waals surface area contributed by atoms with Crippen LogP contribution in [0, 0.1) is 11.7 Å². The van der Waals surface area contributed by atoms with Gasteiger partial charge in [0.1, 0.15) is 29.2 Å². The number of thioether (sulfide) groups is 1. The van der Waals surface area contributed by atoms with E-state index in [0.717, 1.165) is 29.9 Å². The van der Waals surface area contributed by atoms with Gasteiger partial charge in [-0.2, -0.15) is 24.9 Å². The minimum Gasteiger partial charge on any atom is -0.386 e. The number of benzene rings is 2. The van der Waals surface area contributed by atoms with E-state index in [-0.39, 0.29) is 21.6 Å². The van der Waals surface area contributed by atoms with Gasteiger partial charge in [0, 0.05) is 29.2 Å². The largest absolute Gasteiger partial charge is 0.401 e. The van der Waals surface area contributed by atoms with Crippen molar-refractivity contribution in [1.82, 2.24) is 5.32 Å². The summed E-state index contributed by atoms with van der Waals surface area (Å²) >= 11 is 13.3. The van der Waals surface area contributed by atoms with Crippen LogP contribution in [0.3, 0.4) is 0 Å². The number of hydrogen-bond donors (Lipinski definition) is 1. The molecule has 0 amide bonds. The average molecular weight is 561 g/mol. The third-order valence-corrected chi connectivity index (χ3v) is 8.94. The number of carbonyl (C=O) groups excluding carboxylic acids is 1. The molecule has 36 heavy (non-hydrogen) atoms. The number of carbonyl (C=O) groups is 1. The number of halogens is 6. The third-order valence-electron chi connectivity index (χ3n) is 7.10. The van der Waals surface area contributed by atoms with E-state index in [9.17, 15) is 22.4 Å². The molecule has 4 aliphatic rings. The molecule has 5 nitrogen and oxygen atoms in total. The molecule has 4 heterocycles. The molecule has 2 aromatic rings. The summed E-state index contributed by atoms with van der Waals surface area (Å²) in [6, 6.07) is 6.88. The Balaban J connectivity index is 1.40. The summed E-state index contributed by atoms with van der Waals surface area (Å²) in [5, 5.41) is 6.25. The lowest BCUT2D eigenvalue weighted by atomic mass is 9.82. The van der Waals surface area contributed by atoms with E-state index in [4.69, 9.17) is 32.8 Å². The van der Waals surface area contributed by atoms with Crippen LogP contribution < -0.4 is 5.32 Å². The first-order valence-electron chi connectivity index (χ1n) is 11.2. The van der Waals surface area contributed by atoms with Crippen LogP contribution in [0.1, 0.15) is 40.9 Å². The Hall–Kier alpha value is -1.85. The summed E-state index contributed by atoms with van der Waals surface area (Å²) in [5.74, 6) is -2.53. The molecule has 2 saturated heterocycles. The number of oxime groups is 1. The molecule has 0 aliphatic carbocycles. The Morgan fingerprint density at radius 3 is 2.53 bits per heavy atom. The van der Waals surface area contributed by atoms with Crippen LogP contribution in [0.2, 0.25) is 10.0 Å². The molecule has 6 rings (SSSR count). The Bertz CT molecular complexity index is 1300. The van der Waals surface area contributed by atoms with E-state index in [1.54, 1.807) is 17.8 Å². The van der Waals surface area contributed by atoms with Gasteiger partial charge >= 0.3 is 6.18 Å². The Labute approximate surface area is 217 Å². The van der Waals surface area contributed by atoms with Gasteiger partial charge in [0.05, 0.1) is 10.3 Å². The van der Waals surface area contributed by atoms with Gasteiger partial charge < -0.3 is 14.9 Å². The highest BCUT2D eigenvalue weighted by Gasteiger charge is 2.56. The molecule has 2 aromatic carbocycles. The third kappa shape index (κ3) is 3.75. The Kier molecular flexibility index (Phi) is 5.84. The Morgan fingerprint density at radius 2 is 1.92 bits per heavy atom. The molecule has 1 N–H and O–H groups in total. The average Bonchev–Trinajstić information content (AvgIpc) is 3.34. The van der Waals surface area contributed by atoms with Crippen molar-refractivity contribution in [3.63, 3.8) is 0 Å². The van der Waals surface area contributed by atoms with Crippen molar-refractivity contribution in [3.05, 3.63) is 68.4 Å². The first kappa shape index (κ1) is 24.5. The second-order valence-corrected chi connectivity index (χ2v) is 11.4. The minimum absolute atomic E-state index is 0.0290. The molecular weight excluding hydrogens is 543 g/mol. The second-order valence-electron chi connectivity index (χ2n) is 9.26. The van der Waals surface area contributed by atoms with Crippen molar-refractivity contribution in [2.45, 2.75) is 35.7 Å². The number of fused-ring (bicyclic) bond motifs is 2. The fraction of sp³-hybridized carbons (Fsp3) is 0.417. The molecule has 4 atom stereocenters. The molecule has 0 bridgehead atoms. The standard InChI is InChI=1S/C24H18Cl2F4N2O3S/c25-11-6-13(18(27)15(26)7-11)21-17(24(28,29)30)19(32-35-21)10-1-2-14-12(5-10)22(20(33)16-3-4-36-16)34-23(14)8-31-9-23/h1-2,5-7,16-17,21-22,31H,3-4,8-9H2. The van der Waals surface area contributed by atoms with Crippen LogP contribution in [-0.2, 0) is 20.0 Å². The van der Waals surface area contributed by atoms with E-state index >= 15 is 0 Å². The van der Waals surface area contributed by atoms with Crippen molar-refractivity contribution in [3.8, 4) is 0 Å². The van der Waals surface area contributed by atoms with Gasteiger partial charge in [-0.3, -0.25) is 4.79 Å². The number of hydrogen-bond acceptors (Lipinski definition) is 6. The first-order chi connectivity index (χ1) is 17.1. The maximum Gasteiger partial charge on any atom is 0.401 e. The van der Waals surface area contributed by atoms with Crippen LogP contribution >= 0.6 is 35.0 Å². The monoisotopic (exact) mass is 560 g/mol. The zero-order valence-corrected chi connectivity index (χ0v) is 20.7. The summed E-state index contributed by atoms with van der Waals surface area (Å²) in [5.41, 5.74) is -0.0894. The highest BCUT2D eigenvalue weighted by Crippen LogP contribution is 2.51. The minimum atomic E-state index is -4.83. The maximum absolute atomic E-state index is 14.7. The van der Waals surface area contributed by atoms with E-state index in [0.29, 0.717) is 18.7 Å². The number of nitrogens with zero attached hydrogens (tertiary/aromatic N) is 1. The molecule has 12 heteroatoms. The fourth-order valence-electron chi connectivity index (χ4n) is 5.13. The lowest BCUT2D eigenvalue weighted by molar-refractivity contribution is -0.178. The van der Waals surface area contributed by atoms with Gasteiger partial charge in [-0.05, 0) is 41.5 Å². The van der Waals surface area contributed by atoms with Gasteiger partial charge in [-0.25, -0.2) is 4.39 Å². The summed E-state index contributed by atoms with van der Waals surface area (Å²) in [6.07, 6.45) is -6.76. The second kappa shape index (κ2) is 8.59. The zero-order valence-electron chi connectivity index (χ0n) is 18.4. The number of rotatable bonds is 4.